The van der Waals surface area contributed by atoms with Gasteiger partial charge in [0.2, 0.25) is 0 Å². The van der Waals surface area contributed by atoms with Gasteiger partial charge in [-0.2, -0.15) is 18.5 Å². The van der Waals surface area contributed by atoms with Crippen LogP contribution >= 0.6 is 0 Å². The molecule has 1 N–H and O–H groups in total. The highest BCUT2D eigenvalue weighted by atomic mass is 32.2. The second kappa shape index (κ2) is 7.07. The molecule has 132 valence electrons. The number of hydrogen-bond donors (Lipinski definition) is 1. The quantitative estimate of drug-likeness (QED) is 0.663. The molecule has 0 saturated heterocycles. The number of allylic oxidation sites excluding steroid dienone is 2. The molecule has 0 atom stereocenters. The van der Waals surface area contributed by atoms with E-state index in [-0.39, 0.29) is 10.8 Å². The van der Waals surface area contributed by atoms with Crippen LogP contribution in [0.5, 0.6) is 0 Å². The van der Waals surface area contributed by atoms with Crippen LogP contribution in [-0.2, 0) is 14.9 Å². The van der Waals surface area contributed by atoms with Crippen LogP contribution < -0.4 is 5.01 Å². The predicted molar refractivity (Wildman–Crippen MR) is 100 cm³/mol. The first-order valence-electron chi connectivity index (χ1n) is 7.77. The van der Waals surface area contributed by atoms with Gasteiger partial charge < -0.3 is 0 Å². The van der Waals surface area contributed by atoms with Crippen LogP contribution in [-0.4, -0.2) is 24.6 Å². The number of benzene rings is 2. The SMILES string of the molecule is CC1=NN(c2ccc(S(=O)(=O)O)cc2)C(=O)C1=CC=Cc1ccccc1. The second-order valence-corrected chi connectivity index (χ2v) is 7.04. The predicted octanol–water partition coefficient (Wildman–Crippen LogP) is 3.30. The minimum absolute atomic E-state index is 0.241. The highest BCUT2D eigenvalue weighted by molar-refractivity contribution is 7.85. The Labute approximate surface area is 151 Å². The zero-order chi connectivity index (χ0) is 18.7. The fourth-order valence-electron chi connectivity index (χ4n) is 2.46. The summed E-state index contributed by atoms with van der Waals surface area (Å²) in [6.45, 7) is 1.73. The normalized spacial score (nSPS) is 16.5. The Morgan fingerprint density at radius 2 is 1.69 bits per heavy atom. The van der Waals surface area contributed by atoms with Crippen molar-refractivity contribution < 1.29 is 17.8 Å². The molecule has 2 aromatic carbocycles. The van der Waals surface area contributed by atoms with Crippen LogP contribution in [0, 0.1) is 0 Å². The summed E-state index contributed by atoms with van der Waals surface area (Å²) in [5, 5.41) is 5.42. The van der Waals surface area contributed by atoms with Crippen molar-refractivity contribution in [3.8, 4) is 0 Å². The van der Waals surface area contributed by atoms with Gasteiger partial charge in [0.15, 0.2) is 0 Å². The van der Waals surface area contributed by atoms with Gasteiger partial charge >= 0.3 is 0 Å². The lowest BCUT2D eigenvalue weighted by molar-refractivity contribution is -0.114. The Morgan fingerprint density at radius 3 is 2.31 bits per heavy atom. The van der Waals surface area contributed by atoms with Gasteiger partial charge in [-0.25, -0.2) is 0 Å². The van der Waals surface area contributed by atoms with E-state index in [4.69, 9.17) is 4.55 Å². The zero-order valence-electron chi connectivity index (χ0n) is 13.9. The van der Waals surface area contributed by atoms with E-state index in [2.05, 4.69) is 5.10 Å². The van der Waals surface area contributed by atoms with Gasteiger partial charge in [-0.1, -0.05) is 42.5 Å². The smallest absolute Gasteiger partial charge is 0.282 e. The van der Waals surface area contributed by atoms with Gasteiger partial charge in [0, 0.05) is 0 Å². The van der Waals surface area contributed by atoms with Crippen molar-refractivity contribution in [3.05, 3.63) is 77.9 Å². The summed E-state index contributed by atoms with van der Waals surface area (Å²) in [6, 6.07) is 15.0. The first kappa shape index (κ1) is 17.8. The van der Waals surface area contributed by atoms with Gasteiger partial charge in [-0.05, 0) is 42.8 Å². The summed E-state index contributed by atoms with van der Waals surface area (Å²) < 4.78 is 31.2. The maximum Gasteiger partial charge on any atom is 0.294 e. The van der Waals surface area contributed by atoms with Crippen LogP contribution in [0.25, 0.3) is 6.08 Å². The Balaban J connectivity index is 1.82. The summed E-state index contributed by atoms with van der Waals surface area (Å²) in [7, 11) is -4.28. The Morgan fingerprint density at radius 1 is 1.04 bits per heavy atom. The standard InChI is InChI=1S/C19H16N2O4S/c1-14-18(9-5-8-15-6-3-2-4-7-15)19(22)21(20-14)16-10-12-17(13-11-16)26(23,24)25/h2-13H,1H3,(H,23,24,25). The number of rotatable bonds is 4. The number of amides is 1. The van der Waals surface area contributed by atoms with E-state index in [1.165, 1.54) is 29.3 Å². The third kappa shape index (κ3) is 3.79. The fourth-order valence-corrected chi connectivity index (χ4v) is 2.94. The number of hydrazone groups is 1. The molecule has 3 rings (SSSR count). The molecular formula is C19H16N2O4S. The van der Waals surface area contributed by atoms with E-state index >= 15 is 0 Å². The van der Waals surface area contributed by atoms with Crippen LogP contribution in [0.1, 0.15) is 12.5 Å². The fraction of sp³-hybridized carbons (Fsp3) is 0.0526. The molecule has 0 aromatic heterocycles. The van der Waals surface area contributed by atoms with Crippen molar-refractivity contribution in [1.29, 1.82) is 0 Å². The van der Waals surface area contributed by atoms with Gasteiger partial charge in [0.05, 0.1) is 21.9 Å². The molecule has 1 aliphatic heterocycles. The monoisotopic (exact) mass is 368 g/mol. The molecule has 2 aromatic rings. The van der Waals surface area contributed by atoms with Gasteiger partial charge in [0.25, 0.3) is 16.0 Å². The molecule has 1 amide bonds. The van der Waals surface area contributed by atoms with E-state index in [0.717, 1.165) is 5.56 Å². The molecule has 26 heavy (non-hydrogen) atoms. The average molecular weight is 368 g/mol. The lowest BCUT2D eigenvalue weighted by Crippen LogP contribution is -2.21. The molecule has 0 unspecified atom stereocenters. The largest absolute Gasteiger partial charge is 0.294 e. The van der Waals surface area contributed by atoms with Gasteiger partial charge in [-0.3, -0.25) is 9.35 Å². The number of anilines is 1. The third-order valence-corrected chi connectivity index (χ3v) is 4.66. The van der Waals surface area contributed by atoms with E-state index in [1.54, 1.807) is 19.1 Å². The van der Waals surface area contributed by atoms with Crippen molar-refractivity contribution in [2.45, 2.75) is 11.8 Å². The highest BCUT2D eigenvalue weighted by Crippen LogP contribution is 2.25. The minimum Gasteiger partial charge on any atom is -0.282 e. The second-order valence-electron chi connectivity index (χ2n) is 5.62. The lowest BCUT2D eigenvalue weighted by atomic mass is 10.1. The molecule has 1 aliphatic rings. The maximum atomic E-state index is 12.6. The molecule has 1 heterocycles. The van der Waals surface area contributed by atoms with Crippen molar-refractivity contribution in [1.82, 2.24) is 0 Å². The topological polar surface area (TPSA) is 87.0 Å². The molecule has 0 aliphatic carbocycles. The lowest BCUT2D eigenvalue weighted by Gasteiger charge is -2.11. The average Bonchev–Trinajstić information content (AvgIpc) is 2.90. The summed E-state index contributed by atoms with van der Waals surface area (Å²) in [4.78, 5) is 12.3. The minimum atomic E-state index is -4.28. The van der Waals surface area contributed by atoms with Crippen molar-refractivity contribution in [2.24, 2.45) is 5.10 Å². The van der Waals surface area contributed by atoms with Gasteiger partial charge in [-0.15, -0.1) is 0 Å². The van der Waals surface area contributed by atoms with Crippen LogP contribution in [0.4, 0.5) is 5.69 Å². The highest BCUT2D eigenvalue weighted by Gasteiger charge is 2.28. The van der Waals surface area contributed by atoms with E-state index in [1.807, 2.05) is 36.4 Å². The summed E-state index contributed by atoms with van der Waals surface area (Å²) in [5.41, 5.74) is 2.45. The molecule has 7 heteroatoms. The number of carbonyl (C=O) groups excluding carboxylic acids is 1. The molecule has 6 nitrogen and oxygen atoms in total. The molecule has 0 radical (unpaired) electrons. The Kier molecular flexibility index (Phi) is 4.83. The van der Waals surface area contributed by atoms with Crippen molar-refractivity contribution in [3.63, 3.8) is 0 Å². The van der Waals surface area contributed by atoms with E-state index in [0.29, 0.717) is 17.0 Å². The maximum absolute atomic E-state index is 12.6. The Hall–Kier alpha value is -3.03. The first-order chi connectivity index (χ1) is 12.4. The summed E-state index contributed by atoms with van der Waals surface area (Å²) in [6.07, 6.45) is 5.37. The molecule has 0 spiro atoms. The summed E-state index contributed by atoms with van der Waals surface area (Å²) in [5.74, 6) is -0.306. The molecular weight excluding hydrogens is 352 g/mol. The summed E-state index contributed by atoms with van der Waals surface area (Å²) >= 11 is 0. The van der Waals surface area contributed by atoms with E-state index in [9.17, 15) is 13.2 Å². The van der Waals surface area contributed by atoms with Crippen molar-refractivity contribution in [2.75, 3.05) is 5.01 Å². The molecule has 0 bridgehead atoms. The van der Waals surface area contributed by atoms with Crippen LogP contribution in [0.15, 0.2) is 82.3 Å². The van der Waals surface area contributed by atoms with Crippen molar-refractivity contribution >= 4 is 33.5 Å². The third-order valence-electron chi connectivity index (χ3n) is 3.79. The van der Waals surface area contributed by atoms with E-state index < -0.39 is 10.1 Å². The molecule has 0 saturated carbocycles. The number of hydrogen-bond acceptors (Lipinski definition) is 4. The van der Waals surface area contributed by atoms with Crippen LogP contribution in [0.3, 0.4) is 0 Å². The zero-order valence-corrected chi connectivity index (χ0v) is 14.7. The molecule has 0 fully saturated rings. The number of carbonyl (C=O) groups is 1. The van der Waals surface area contributed by atoms with Crippen LogP contribution in [0.2, 0.25) is 0 Å². The first-order valence-corrected chi connectivity index (χ1v) is 9.21. The Bertz CT molecular complexity index is 1020. The van der Waals surface area contributed by atoms with Gasteiger partial charge in [0.1, 0.15) is 0 Å². The number of nitrogens with zero attached hydrogens (tertiary/aromatic N) is 2.